The molecule has 0 saturated carbocycles. The lowest BCUT2D eigenvalue weighted by Gasteiger charge is -2.07. The highest BCUT2D eigenvalue weighted by Crippen LogP contribution is 2.09. The van der Waals surface area contributed by atoms with Crippen molar-refractivity contribution in [3.05, 3.63) is 29.8 Å². The van der Waals surface area contributed by atoms with Crippen LogP contribution in [0.2, 0.25) is 0 Å². The van der Waals surface area contributed by atoms with Crippen LogP contribution in [0, 0.1) is 0 Å². The fraction of sp³-hybridized carbons (Fsp3) is 0.417. The van der Waals surface area contributed by atoms with Gasteiger partial charge in [-0.2, -0.15) is 0 Å². The predicted molar refractivity (Wildman–Crippen MR) is 65.8 cm³/mol. The van der Waals surface area contributed by atoms with E-state index in [1.165, 1.54) is 0 Å². The van der Waals surface area contributed by atoms with Gasteiger partial charge in [-0.25, -0.2) is 4.79 Å². The van der Waals surface area contributed by atoms with Gasteiger partial charge in [-0.05, 0) is 17.7 Å². The van der Waals surface area contributed by atoms with Crippen LogP contribution in [0.15, 0.2) is 24.3 Å². The number of benzene rings is 1. The van der Waals surface area contributed by atoms with Crippen molar-refractivity contribution in [3.63, 3.8) is 0 Å². The molecule has 3 N–H and O–H groups in total. The number of carbonyl (C=O) groups excluding carboxylic acids is 1. The topological polar surface area (TPSA) is 73.6 Å². The van der Waals surface area contributed by atoms with Crippen LogP contribution in [0.4, 0.5) is 10.5 Å². The quantitative estimate of drug-likeness (QED) is 0.740. The average Bonchev–Trinajstić information content (AvgIpc) is 2.36. The summed E-state index contributed by atoms with van der Waals surface area (Å²) in [5.41, 5.74) is 7.18. The zero-order valence-corrected chi connectivity index (χ0v) is 9.94. The summed E-state index contributed by atoms with van der Waals surface area (Å²) in [7, 11) is 1.61. The molecule has 94 valence electrons. The molecule has 1 aromatic carbocycles. The molecule has 0 heterocycles. The van der Waals surface area contributed by atoms with E-state index in [1.54, 1.807) is 19.2 Å². The summed E-state index contributed by atoms with van der Waals surface area (Å²) in [5.74, 6) is 0. The van der Waals surface area contributed by atoms with Crippen LogP contribution < -0.4 is 11.1 Å². The van der Waals surface area contributed by atoms with Crippen molar-refractivity contribution in [2.45, 2.75) is 13.0 Å². The number of nitrogens with two attached hydrogens (primary N) is 1. The van der Waals surface area contributed by atoms with Crippen LogP contribution in [0.3, 0.4) is 0 Å². The monoisotopic (exact) mass is 238 g/mol. The van der Waals surface area contributed by atoms with Gasteiger partial charge in [0, 0.05) is 32.4 Å². The molecule has 0 atom stereocenters. The molecule has 0 saturated heterocycles. The van der Waals surface area contributed by atoms with Gasteiger partial charge in [0.1, 0.15) is 0 Å². The van der Waals surface area contributed by atoms with E-state index in [2.05, 4.69) is 5.32 Å². The van der Waals surface area contributed by atoms with Gasteiger partial charge in [-0.3, -0.25) is 5.32 Å². The SMILES string of the molecule is COCCCOC(=O)Nc1ccc(CN)cc1. The lowest BCUT2D eigenvalue weighted by atomic mass is 10.2. The van der Waals surface area contributed by atoms with Gasteiger partial charge < -0.3 is 15.2 Å². The van der Waals surface area contributed by atoms with Crippen molar-refractivity contribution < 1.29 is 14.3 Å². The number of nitrogens with one attached hydrogen (secondary N) is 1. The minimum atomic E-state index is -0.457. The summed E-state index contributed by atoms with van der Waals surface area (Å²) >= 11 is 0. The molecule has 0 radical (unpaired) electrons. The molecule has 1 rings (SSSR count). The number of hydrogen-bond acceptors (Lipinski definition) is 4. The first kappa shape index (κ1) is 13.5. The Balaban J connectivity index is 2.29. The van der Waals surface area contributed by atoms with Gasteiger partial charge in [0.05, 0.1) is 6.61 Å². The maximum atomic E-state index is 11.3. The molecule has 0 aliphatic rings. The van der Waals surface area contributed by atoms with Crippen molar-refractivity contribution >= 4 is 11.8 Å². The summed E-state index contributed by atoms with van der Waals surface area (Å²) < 4.78 is 9.79. The number of carbonyl (C=O) groups is 1. The largest absolute Gasteiger partial charge is 0.449 e. The van der Waals surface area contributed by atoms with E-state index in [4.69, 9.17) is 15.2 Å². The number of hydrogen-bond donors (Lipinski definition) is 2. The second-order valence-corrected chi connectivity index (χ2v) is 3.51. The molecule has 0 fully saturated rings. The van der Waals surface area contributed by atoms with E-state index in [0.717, 1.165) is 5.56 Å². The van der Waals surface area contributed by atoms with E-state index in [0.29, 0.717) is 31.9 Å². The second-order valence-electron chi connectivity index (χ2n) is 3.51. The molecule has 0 spiro atoms. The number of amides is 1. The third-order valence-corrected chi connectivity index (χ3v) is 2.16. The summed E-state index contributed by atoms with van der Waals surface area (Å²) in [4.78, 5) is 11.3. The molecule has 1 amide bonds. The van der Waals surface area contributed by atoms with E-state index in [-0.39, 0.29) is 0 Å². The van der Waals surface area contributed by atoms with Crippen LogP contribution in [0.25, 0.3) is 0 Å². The number of rotatable bonds is 6. The van der Waals surface area contributed by atoms with Gasteiger partial charge in [0.2, 0.25) is 0 Å². The summed E-state index contributed by atoms with van der Waals surface area (Å²) in [6, 6.07) is 7.30. The first-order valence-electron chi connectivity index (χ1n) is 5.48. The first-order valence-corrected chi connectivity index (χ1v) is 5.48. The standard InChI is InChI=1S/C12H18N2O3/c1-16-7-2-8-17-12(15)14-11-5-3-10(9-13)4-6-11/h3-6H,2,7-9,13H2,1H3,(H,14,15). The highest BCUT2D eigenvalue weighted by Gasteiger charge is 2.02. The Labute approximate surface area is 101 Å². The van der Waals surface area contributed by atoms with Gasteiger partial charge >= 0.3 is 6.09 Å². The highest BCUT2D eigenvalue weighted by molar-refractivity contribution is 5.84. The fourth-order valence-electron chi connectivity index (χ4n) is 1.25. The molecule has 5 nitrogen and oxygen atoms in total. The zero-order chi connectivity index (χ0) is 12.5. The normalized spacial score (nSPS) is 10.0. The number of methoxy groups -OCH3 is 1. The molecule has 0 bridgehead atoms. The third-order valence-electron chi connectivity index (χ3n) is 2.16. The highest BCUT2D eigenvalue weighted by atomic mass is 16.5. The van der Waals surface area contributed by atoms with Gasteiger partial charge in [-0.1, -0.05) is 12.1 Å². The summed E-state index contributed by atoms with van der Waals surface area (Å²) in [6.07, 6.45) is 0.234. The number of ether oxygens (including phenoxy) is 2. The minimum absolute atomic E-state index is 0.348. The number of anilines is 1. The Bertz CT molecular complexity index is 338. The second kappa shape index (κ2) is 7.65. The van der Waals surface area contributed by atoms with Crippen molar-refractivity contribution in [2.75, 3.05) is 25.6 Å². The van der Waals surface area contributed by atoms with Gasteiger partial charge in [0.15, 0.2) is 0 Å². The molecule has 1 aromatic rings. The lowest BCUT2D eigenvalue weighted by Crippen LogP contribution is -2.15. The Kier molecular flexibility index (Phi) is 6.06. The van der Waals surface area contributed by atoms with E-state index < -0.39 is 6.09 Å². The van der Waals surface area contributed by atoms with Crippen LogP contribution in [-0.4, -0.2) is 26.4 Å². The van der Waals surface area contributed by atoms with Crippen molar-refractivity contribution in [2.24, 2.45) is 5.73 Å². The van der Waals surface area contributed by atoms with Crippen LogP contribution >= 0.6 is 0 Å². The lowest BCUT2D eigenvalue weighted by molar-refractivity contribution is 0.134. The third kappa shape index (κ3) is 5.33. The molecule has 5 heteroatoms. The fourth-order valence-corrected chi connectivity index (χ4v) is 1.25. The Hall–Kier alpha value is -1.59. The maximum Gasteiger partial charge on any atom is 0.411 e. The van der Waals surface area contributed by atoms with E-state index in [9.17, 15) is 4.79 Å². The van der Waals surface area contributed by atoms with Crippen molar-refractivity contribution in [3.8, 4) is 0 Å². The Morgan fingerprint density at radius 3 is 2.59 bits per heavy atom. The van der Waals surface area contributed by atoms with Crippen LogP contribution in [0.1, 0.15) is 12.0 Å². The zero-order valence-electron chi connectivity index (χ0n) is 9.94. The molecule has 0 aliphatic carbocycles. The van der Waals surface area contributed by atoms with Crippen LogP contribution in [-0.2, 0) is 16.0 Å². The summed E-state index contributed by atoms with van der Waals surface area (Å²) in [6.45, 7) is 1.42. The average molecular weight is 238 g/mol. The smallest absolute Gasteiger partial charge is 0.411 e. The first-order chi connectivity index (χ1) is 8.26. The Morgan fingerprint density at radius 1 is 1.29 bits per heavy atom. The van der Waals surface area contributed by atoms with E-state index >= 15 is 0 Å². The van der Waals surface area contributed by atoms with Crippen LogP contribution in [0.5, 0.6) is 0 Å². The van der Waals surface area contributed by atoms with Crippen molar-refractivity contribution in [1.29, 1.82) is 0 Å². The van der Waals surface area contributed by atoms with Gasteiger partial charge in [0.25, 0.3) is 0 Å². The Morgan fingerprint density at radius 2 is 2.00 bits per heavy atom. The van der Waals surface area contributed by atoms with E-state index in [1.807, 2.05) is 12.1 Å². The molecule has 17 heavy (non-hydrogen) atoms. The molecule has 0 aliphatic heterocycles. The van der Waals surface area contributed by atoms with Gasteiger partial charge in [-0.15, -0.1) is 0 Å². The summed E-state index contributed by atoms with van der Waals surface area (Å²) in [5, 5.41) is 2.63. The maximum absolute atomic E-state index is 11.3. The molecule has 0 unspecified atom stereocenters. The predicted octanol–water partition coefficient (Wildman–Crippen LogP) is 1.73. The molecular formula is C12H18N2O3. The van der Waals surface area contributed by atoms with Crippen molar-refractivity contribution in [1.82, 2.24) is 0 Å². The minimum Gasteiger partial charge on any atom is -0.449 e. The molecule has 0 aromatic heterocycles. The molecular weight excluding hydrogens is 220 g/mol.